The lowest BCUT2D eigenvalue weighted by molar-refractivity contribution is -0.130. The Balaban J connectivity index is 2.49. The molecule has 2 atom stereocenters. The van der Waals surface area contributed by atoms with E-state index in [0.29, 0.717) is 11.8 Å². The summed E-state index contributed by atoms with van der Waals surface area (Å²) in [6.45, 7) is 11.9. The van der Waals surface area contributed by atoms with Gasteiger partial charge in [-0.25, -0.2) is 0 Å². The molecule has 0 spiro atoms. The van der Waals surface area contributed by atoms with Crippen LogP contribution in [0.4, 0.5) is 0 Å². The average molecular weight is 268 g/mol. The second kappa shape index (κ2) is 7.88. The minimum Gasteiger partial charge on any atom is -0.326 e. The molecule has 0 aromatic heterocycles. The van der Waals surface area contributed by atoms with E-state index in [1.165, 1.54) is 12.8 Å². The van der Waals surface area contributed by atoms with Crippen molar-refractivity contribution in [3.63, 3.8) is 0 Å². The summed E-state index contributed by atoms with van der Waals surface area (Å²) in [6, 6.07) is 0.0293. The van der Waals surface area contributed by atoms with Gasteiger partial charge in [0.2, 0.25) is 5.91 Å². The molecule has 0 bridgehead atoms. The van der Waals surface area contributed by atoms with Crippen molar-refractivity contribution < 1.29 is 4.79 Å². The van der Waals surface area contributed by atoms with Crippen molar-refractivity contribution in [2.24, 2.45) is 11.8 Å². The smallest absolute Gasteiger partial charge is 0.241 e. The molecule has 0 saturated carbocycles. The number of unbranched alkanes of at least 4 members (excludes halogenated alkanes) is 1. The standard InChI is InChI=1S/C16H32N2O/c1-6-9-14-17-15(13(4)5)16(19)18(14)11-8-7-10-12(2)3/h12-15,17H,6-11H2,1-5H3. The van der Waals surface area contributed by atoms with Crippen LogP contribution in [0.5, 0.6) is 0 Å². The third-order valence-corrected chi connectivity index (χ3v) is 3.96. The fourth-order valence-corrected chi connectivity index (χ4v) is 2.79. The van der Waals surface area contributed by atoms with E-state index in [2.05, 4.69) is 44.8 Å². The first-order chi connectivity index (χ1) is 8.97. The molecule has 2 unspecified atom stereocenters. The molecule has 0 aromatic carbocycles. The number of hydrogen-bond acceptors (Lipinski definition) is 2. The lowest BCUT2D eigenvalue weighted by atomic mass is 10.0. The first-order valence-corrected chi connectivity index (χ1v) is 8.03. The van der Waals surface area contributed by atoms with E-state index in [1.54, 1.807) is 0 Å². The molecule has 1 heterocycles. The number of amides is 1. The number of carbonyl (C=O) groups is 1. The highest BCUT2D eigenvalue weighted by Gasteiger charge is 2.39. The molecule has 0 radical (unpaired) electrons. The summed E-state index contributed by atoms with van der Waals surface area (Å²) in [7, 11) is 0. The highest BCUT2D eigenvalue weighted by atomic mass is 16.2. The predicted octanol–water partition coefficient (Wildman–Crippen LogP) is 3.40. The van der Waals surface area contributed by atoms with Crippen LogP contribution in [0.25, 0.3) is 0 Å². The summed E-state index contributed by atoms with van der Waals surface area (Å²) in [5.41, 5.74) is 0. The van der Waals surface area contributed by atoms with Crippen LogP contribution in [0, 0.1) is 11.8 Å². The van der Waals surface area contributed by atoms with Gasteiger partial charge in [0.15, 0.2) is 0 Å². The normalized spacial score (nSPS) is 23.9. The molecule has 1 amide bonds. The van der Waals surface area contributed by atoms with Gasteiger partial charge in [0.05, 0.1) is 12.2 Å². The maximum Gasteiger partial charge on any atom is 0.241 e. The van der Waals surface area contributed by atoms with Gasteiger partial charge in [0, 0.05) is 6.54 Å². The lowest BCUT2D eigenvalue weighted by Crippen LogP contribution is -2.38. The van der Waals surface area contributed by atoms with Gasteiger partial charge in [-0.15, -0.1) is 0 Å². The second-order valence-electron chi connectivity index (χ2n) is 6.61. The Morgan fingerprint density at radius 3 is 2.42 bits per heavy atom. The van der Waals surface area contributed by atoms with E-state index in [9.17, 15) is 4.79 Å². The van der Waals surface area contributed by atoms with Crippen LogP contribution in [0.3, 0.4) is 0 Å². The monoisotopic (exact) mass is 268 g/mol. The molecule has 1 N–H and O–H groups in total. The number of carbonyl (C=O) groups excluding carboxylic acids is 1. The fraction of sp³-hybridized carbons (Fsp3) is 0.938. The van der Waals surface area contributed by atoms with Gasteiger partial charge in [-0.1, -0.05) is 53.9 Å². The van der Waals surface area contributed by atoms with E-state index in [4.69, 9.17) is 0 Å². The topological polar surface area (TPSA) is 32.3 Å². The molecule has 1 fully saturated rings. The zero-order chi connectivity index (χ0) is 14.4. The largest absolute Gasteiger partial charge is 0.326 e. The second-order valence-corrected chi connectivity index (χ2v) is 6.61. The molecule has 19 heavy (non-hydrogen) atoms. The van der Waals surface area contributed by atoms with Crippen molar-refractivity contribution in [2.45, 2.75) is 78.9 Å². The Hall–Kier alpha value is -0.570. The van der Waals surface area contributed by atoms with Gasteiger partial charge in [0.1, 0.15) is 0 Å². The number of nitrogens with one attached hydrogen (secondary N) is 1. The quantitative estimate of drug-likeness (QED) is 0.684. The van der Waals surface area contributed by atoms with Crippen molar-refractivity contribution >= 4 is 5.91 Å². The fourth-order valence-electron chi connectivity index (χ4n) is 2.79. The minimum atomic E-state index is 0.0293. The summed E-state index contributed by atoms with van der Waals surface area (Å²) in [4.78, 5) is 14.5. The molecular weight excluding hydrogens is 236 g/mol. The Morgan fingerprint density at radius 2 is 1.89 bits per heavy atom. The van der Waals surface area contributed by atoms with Gasteiger partial charge < -0.3 is 4.90 Å². The first kappa shape index (κ1) is 16.5. The predicted molar refractivity (Wildman–Crippen MR) is 80.9 cm³/mol. The summed E-state index contributed by atoms with van der Waals surface area (Å²) in [6.07, 6.45) is 6.09. The SMILES string of the molecule is CCCC1NC(C(C)C)C(=O)N1CCCCC(C)C. The highest BCUT2D eigenvalue weighted by molar-refractivity contribution is 5.84. The van der Waals surface area contributed by atoms with Gasteiger partial charge >= 0.3 is 0 Å². The van der Waals surface area contributed by atoms with Crippen molar-refractivity contribution in [1.29, 1.82) is 0 Å². The van der Waals surface area contributed by atoms with E-state index >= 15 is 0 Å². The number of rotatable bonds is 8. The minimum absolute atomic E-state index is 0.0293. The first-order valence-electron chi connectivity index (χ1n) is 8.03. The summed E-state index contributed by atoms with van der Waals surface area (Å²) >= 11 is 0. The van der Waals surface area contributed by atoms with Crippen LogP contribution in [0.1, 0.15) is 66.7 Å². The van der Waals surface area contributed by atoms with Crippen molar-refractivity contribution in [3.05, 3.63) is 0 Å². The van der Waals surface area contributed by atoms with Crippen LogP contribution in [-0.4, -0.2) is 29.6 Å². The Labute approximate surface area is 119 Å². The number of nitrogens with zero attached hydrogens (tertiary/aromatic N) is 1. The molecule has 1 aliphatic rings. The molecule has 1 saturated heterocycles. The van der Waals surface area contributed by atoms with Crippen LogP contribution in [0.15, 0.2) is 0 Å². The average Bonchev–Trinajstić information content (AvgIpc) is 2.63. The third-order valence-electron chi connectivity index (χ3n) is 3.96. The molecular formula is C16H32N2O. The van der Waals surface area contributed by atoms with Gasteiger partial charge in [-0.2, -0.15) is 0 Å². The molecule has 1 aliphatic heterocycles. The van der Waals surface area contributed by atoms with E-state index in [-0.39, 0.29) is 12.2 Å². The maximum atomic E-state index is 12.4. The summed E-state index contributed by atoms with van der Waals surface area (Å²) in [5, 5.41) is 3.52. The van der Waals surface area contributed by atoms with E-state index in [1.807, 2.05) is 0 Å². The number of hydrogen-bond donors (Lipinski definition) is 1. The molecule has 1 rings (SSSR count). The van der Waals surface area contributed by atoms with Crippen molar-refractivity contribution in [3.8, 4) is 0 Å². The van der Waals surface area contributed by atoms with Crippen LogP contribution in [0.2, 0.25) is 0 Å². The van der Waals surface area contributed by atoms with Gasteiger partial charge in [-0.05, 0) is 24.7 Å². The van der Waals surface area contributed by atoms with Crippen molar-refractivity contribution in [2.75, 3.05) is 6.54 Å². The molecule has 0 aromatic rings. The maximum absolute atomic E-state index is 12.4. The molecule has 0 aliphatic carbocycles. The van der Waals surface area contributed by atoms with Crippen LogP contribution >= 0.6 is 0 Å². The zero-order valence-corrected chi connectivity index (χ0v) is 13.4. The third kappa shape index (κ3) is 4.79. The zero-order valence-electron chi connectivity index (χ0n) is 13.4. The summed E-state index contributed by atoms with van der Waals surface area (Å²) in [5.74, 6) is 1.47. The van der Waals surface area contributed by atoms with E-state index in [0.717, 1.165) is 31.7 Å². The Morgan fingerprint density at radius 1 is 1.21 bits per heavy atom. The van der Waals surface area contributed by atoms with Crippen LogP contribution < -0.4 is 5.32 Å². The molecule has 3 nitrogen and oxygen atoms in total. The van der Waals surface area contributed by atoms with Gasteiger partial charge in [-0.3, -0.25) is 10.1 Å². The molecule has 3 heteroatoms. The van der Waals surface area contributed by atoms with E-state index < -0.39 is 0 Å². The van der Waals surface area contributed by atoms with Crippen LogP contribution in [-0.2, 0) is 4.79 Å². The Bertz CT molecular complexity index is 276. The molecule has 112 valence electrons. The highest BCUT2D eigenvalue weighted by Crippen LogP contribution is 2.20. The summed E-state index contributed by atoms with van der Waals surface area (Å²) < 4.78 is 0. The van der Waals surface area contributed by atoms with Gasteiger partial charge in [0.25, 0.3) is 0 Å². The lowest BCUT2D eigenvalue weighted by Gasteiger charge is -2.24. The van der Waals surface area contributed by atoms with Crippen molar-refractivity contribution in [1.82, 2.24) is 10.2 Å². The Kier molecular flexibility index (Phi) is 6.84.